The zero-order valence-electron chi connectivity index (χ0n) is 13.6. The van der Waals surface area contributed by atoms with Gasteiger partial charge in [0.25, 0.3) is 11.6 Å². The molecule has 0 aliphatic rings. The van der Waals surface area contributed by atoms with Crippen LogP contribution in [0.5, 0.6) is 5.75 Å². The van der Waals surface area contributed by atoms with Gasteiger partial charge < -0.3 is 14.8 Å². The minimum absolute atomic E-state index is 0.00884. The number of nitro benzene ring substituents is 1. The van der Waals surface area contributed by atoms with Gasteiger partial charge in [0.05, 0.1) is 17.6 Å². The van der Waals surface area contributed by atoms with E-state index in [-0.39, 0.29) is 11.3 Å². The smallest absolute Gasteiger partial charge is 0.338 e. The van der Waals surface area contributed by atoms with Crippen LogP contribution in [0.3, 0.4) is 0 Å². The Morgan fingerprint density at radius 1 is 1.16 bits per heavy atom. The predicted octanol–water partition coefficient (Wildman–Crippen LogP) is 2.71. The van der Waals surface area contributed by atoms with Crippen molar-refractivity contribution in [3.63, 3.8) is 0 Å². The van der Waals surface area contributed by atoms with E-state index in [4.69, 9.17) is 9.47 Å². The largest absolute Gasteiger partial charge is 0.497 e. The van der Waals surface area contributed by atoms with Crippen molar-refractivity contribution in [2.75, 3.05) is 19.0 Å². The molecule has 0 saturated heterocycles. The molecule has 130 valence electrons. The predicted molar refractivity (Wildman–Crippen MR) is 89.7 cm³/mol. The van der Waals surface area contributed by atoms with Crippen LogP contribution in [0.1, 0.15) is 15.9 Å². The van der Waals surface area contributed by atoms with Gasteiger partial charge in [-0.2, -0.15) is 0 Å². The highest BCUT2D eigenvalue weighted by Gasteiger charge is 2.16. The molecule has 1 N–H and O–H groups in total. The molecule has 2 aromatic carbocycles. The monoisotopic (exact) mass is 344 g/mol. The summed E-state index contributed by atoms with van der Waals surface area (Å²) in [6.45, 7) is 1.06. The van der Waals surface area contributed by atoms with Crippen LogP contribution in [0, 0.1) is 17.0 Å². The Morgan fingerprint density at radius 2 is 1.84 bits per heavy atom. The Kier molecular flexibility index (Phi) is 5.67. The second kappa shape index (κ2) is 7.91. The zero-order chi connectivity index (χ0) is 18.4. The number of nitrogens with one attached hydrogen (secondary N) is 1. The van der Waals surface area contributed by atoms with Crippen LogP contribution in [0.2, 0.25) is 0 Å². The maximum atomic E-state index is 11.9. The highest BCUT2D eigenvalue weighted by atomic mass is 16.6. The van der Waals surface area contributed by atoms with Gasteiger partial charge in [0.1, 0.15) is 5.75 Å². The quantitative estimate of drug-likeness (QED) is 0.490. The minimum Gasteiger partial charge on any atom is -0.497 e. The third kappa shape index (κ3) is 4.77. The second-order valence-corrected chi connectivity index (χ2v) is 5.11. The number of hydrogen-bond donors (Lipinski definition) is 1. The Hall–Kier alpha value is -3.42. The van der Waals surface area contributed by atoms with Crippen molar-refractivity contribution < 1.29 is 24.0 Å². The molecule has 0 unspecified atom stereocenters. The summed E-state index contributed by atoms with van der Waals surface area (Å²) in [6, 6.07) is 10.6. The van der Waals surface area contributed by atoms with Crippen molar-refractivity contribution in [2.45, 2.75) is 6.92 Å². The van der Waals surface area contributed by atoms with Crippen LogP contribution >= 0.6 is 0 Å². The number of nitro groups is 1. The lowest BCUT2D eigenvalue weighted by atomic mass is 10.1. The van der Waals surface area contributed by atoms with Gasteiger partial charge in [-0.25, -0.2) is 4.79 Å². The summed E-state index contributed by atoms with van der Waals surface area (Å²) in [5, 5.41) is 13.5. The Morgan fingerprint density at radius 3 is 2.44 bits per heavy atom. The van der Waals surface area contributed by atoms with Gasteiger partial charge in [-0.1, -0.05) is 6.07 Å². The first kappa shape index (κ1) is 17.9. The van der Waals surface area contributed by atoms with Crippen molar-refractivity contribution in [1.82, 2.24) is 0 Å². The van der Waals surface area contributed by atoms with E-state index in [1.165, 1.54) is 19.2 Å². The van der Waals surface area contributed by atoms with Gasteiger partial charge in [-0.3, -0.25) is 14.9 Å². The number of anilines is 1. The summed E-state index contributed by atoms with van der Waals surface area (Å²) < 4.78 is 9.89. The summed E-state index contributed by atoms with van der Waals surface area (Å²) in [6.07, 6.45) is 0. The summed E-state index contributed by atoms with van der Waals surface area (Å²) in [7, 11) is 1.53. The lowest BCUT2D eigenvalue weighted by Crippen LogP contribution is -2.21. The van der Waals surface area contributed by atoms with Crippen LogP contribution < -0.4 is 10.1 Å². The van der Waals surface area contributed by atoms with Gasteiger partial charge in [0.15, 0.2) is 6.61 Å². The molecule has 2 rings (SSSR count). The first-order valence-corrected chi connectivity index (χ1v) is 7.27. The molecular weight excluding hydrogens is 328 g/mol. The Labute approximate surface area is 143 Å². The number of benzene rings is 2. The van der Waals surface area contributed by atoms with E-state index < -0.39 is 23.4 Å². The molecule has 0 aromatic heterocycles. The minimum atomic E-state index is -0.812. The second-order valence-electron chi connectivity index (χ2n) is 5.11. The number of carbonyl (C=O) groups excluding carboxylic acids is 2. The molecule has 8 nitrogen and oxygen atoms in total. The molecular formula is C17H16N2O6. The standard InChI is InChI=1S/C17H16N2O6/c1-11-3-4-12(9-15(11)19(22)23)17(21)25-10-16(20)18-13-5-7-14(24-2)8-6-13/h3-9H,10H2,1-2H3,(H,18,20). The number of aryl methyl sites for hydroxylation is 1. The van der Waals surface area contributed by atoms with E-state index in [0.29, 0.717) is 17.0 Å². The molecule has 25 heavy (non-hydrogen) atoms. The fourth-order valence-electron chi connectivity index (χ4n) is 2.02. The van der Waals surface area contributed by atoms with E-state index in [1.807, 2.05) is 0 Å². The maximum absolute atomic E-state index is 11.9. The normalized spacial score (nSPS) is 10.0. The van der Waals surface area contributed by atoms with Crippen LogP contribution in [-0.2, 0) is 9.53 Å². The van der Waals surface area contributed by atoms with Crippen molar-refractivity contribution in [3.8, 4) is 5.75 Å². The molecule has 0 fully saturated rings. The molecule has 0 atom stereocenters. The molecule has 0 aliphatic carbocycles. The summed E-state index contributed by atoms with van der Waals surface area (Å²) in [4.78, 5) is 34.0. The number of rotatable bonds is 6. The number of carbonyl (C=O) groups is 2. The van der Waals surface area contributed by atoms with E-state index in [9.17, 15) is 19.7 Å². The van der Waals surface area contributed by atoms with Gasteiger partial charge in [-0.05, 0) is 37.3 Å². The lowest BCUT2D eigenvalue weighted by molar-refractivity contribution is -0.385. The lowest BCUT2D eigenvalue weighted by Gasteiger charge is -2.07. The number of methoxy groups -OCH3 is 1. The first-order valence-electron chi connectivity index (χ1n) is 7.27. The molecule has 0 radical (unpaired) electrons. The van der Waals surface area contributed by atoms with Crippen LogP contribution in [0.15, 0.2) is 42.5 Å². The van der Waals surface area contributed by atoms with Crippen molar-refractivity contribution in [2.24, 2.45) is 0 Å². The SMILES string of the molecule is COc1ccc(NC(=O)COC(=O)c2ccc(C)c([N+](=O)[O-])c2)cc1. The fraction of sp³-hybridized carbons (Fsp3) is 0.176. The average molecular weight is 344 g/mol. The summed E-state index contributed by atoms with van der Waals surface area (Å²) in [5.74, 6) is -0.696. The highest BCUT2D eigenvalue weighted by molar-refractivity contribution is 5.95. The zero-order valence-corrected chi connectivity index (χ0v) is 13.6. The molecule has 0 spiro atoms. The third-order valence-electron chi connectivity index (χ3n) is 3.35. The van der Waals surface area contributed by atoms with Gasteiger partial charge in [-0.15, -0.1) is 0 Å². The van der Waals surface area contributed by atoms with Crippen molar-refractivity contribution in [1.29, 1.82) is 0 Å². The number of amides is 1. The van der Waals surface area contributed by atoms with Crippen LogP contribution in [0.25, 0.3) is 0 Å². The van der Waals surface area contributed by atoms with E-state index >= 15 is 0 Å². The Balaban J connectivity index is 1.93. The van der Waals surface area contributed by atoms with Crippen molar-refractivity contribution >= 4 is 23.3 Å². The third-order valence-corrected chi connectivity index (χ3v) is 3.35. The number of nitrogens with zero attached hydrogens (tertiary/aromatic N) is 1. The molecule has 0 aliphatic heterocycles. The van der Waals surface area contributed by atoms with E-state index in [0.717, 1.165) is 6.07 Å². The molecule has 2 aromatic rings. The van der Waals surface area contributed by atoms with Gasteiger partial charge in [0.2, 0.25) is 0 Å². The average Bonchev–Trinajstić information content (AvgIpc) is 2.60. The van der Waals surface area contributed by atoms with E-state index in [1.54, 1.807) is 31.2 Å². The number of esters is 1. The summed E-state index contributed by atoms with van der Waals surface area (Å²) in [5.41, 5.74) is 0.776. The van der Waals surface area contributed by atoms with Crippen molar-refractivity contribution in [3.05, 3.63) is 63.7 Å². The Bertz CT molecular complexity index is 801. The van der Waals surface area contributed by atoms with Gasteiger partial charge in [0, 0.05) is 17.3 Å². The number of ether oxygens (including phenoxy) is 2. The number of hydrogen-bond acceptors (Lipinski definition) is 6. The molecule has 0 bridgehead atoms. The van der Waals surface area contributed by atoms with E-state index in [2.05, 4.69) is 5.32 Å². The molecule has 0 heterocycles. The topological polar surface area (TPSA) is 108 Å². The summed E-state index contributed by atoms with van der Waals surface area (Å²) >= 11 is 0. The van der Waals surface area contributed by atoms with Crippen LogP contribution in [0.4, 0.5) is 11.4 Å². The van der Waals surface area contributed by atoms with Crippen LogP contribution in [-0.4, -0.2) is 30.5 Å². The maximum Gasteiger partial charge on any atom is 0.338 e. The first-order chi connectivity index (χ1) is 11.9. The fourth-order valence-corrected chi connectivity index (χ4v) is 2.02. The highest BCUT2D eigenvalue weighted by Crippen LogP contribution is 2.20. The molecule has 0 saturated carbocycles. The van der Waals surface area contributed by atoms with Gasteiger partial charge >= 0.3 is 5.97 Å². The molecule has 1 amide bonds. The molecule has 8 heteroatoms.